The maximum absolute atomic E-state index is 12.4. The fourth-order valence-corrected chi connectivity index (χ4v) is 4.06. The van der Waals surface area contributed by atoms with Crippen molar-refractivity contribution in [2.45, 2.75) is 45.2 Å². The normalized spacial score (nSPS) is 21.7. The summed E-state index contributed by atoms with van der Waals surface area (Å²) in [5, 5.41) is 0.280. The molecule has 2 aliphatic rings. The number of ether oxygens (including phenoxy) is 1. The van der Waals surface area contributed by atoms with E-state index in [4.69, 9.17) is 27.9 Å². The third-order valence-corrected chi connectivity index (χ3v) is 5.86. The highest BCUT2D eigenvalue weighted by molar-refractivity contribution is 6.43. The zero-order valence-corrected chi connectivity index (χ0v) is 17.0. The minimum absolute atomic E-state index is 0.0826. The van der Waals surface area contributed by atoms with Crippen LogP contribution in [-0.2, 0) is 14.3 Å². The Morgan fingerprint density at radius 1 is 1.04 bits per heavy atom. The van der Waals surface area contributed by atoms with Gasteiger partial charge in [-0.05, 0) is 45.2 Å². The fourth-order valence-electron chi connectivity index (χ4n) is 3.73. The van der Waals surface area contributed by atoms with E-state index in [1.54, 1.807) is 4.90 Å². The van der Waals surface area contributed by atoms with Crippen LogP contribution in [0.25, 0.3) is 0 Å². The number of rotatable bonds is 4. The molecule has 0 radical (unpaired) electrons. The van der Waals surface area contributed by atoms with Crippen LogP contribution in [0.1, 0.15) is 53.8 Å². The summed E-state index contributed by atoms with van der Waals surface area (Å²) in [5.74, 6) is -2.42. The molecule has 28 heavy (non-hydrogen) atoms. The van der Waals surface area contributed by atoms with E-state index in [1.165, 1.54) is 12.1 Å². The van der Waals surface area contributed by atoms with E-state index in [9.17, 15) is 19.2 Å². The molecule has 150 valence electrons. The van der Waals surface area contributed by atoms with Gasteiger partial charge < -0.3 is 9.64 Å². The summed E-state index contributed by atoms with van der Waals surface area (Å²) < 4.78 is 5.03. The highest BCUT2D eigenvalue weighted by atomic mass is 35.5. The average molecular weight is 427 g/mol. The molecule has 2 aliphatic heterocycles. The Morgan fingerprint density at radius 3 is 2.04 bits per heavy atom. The fraction of sp³-hybridized carbons (Fsp3) is 0.474. The molecule has 3 rings (SSSR count). The topological polar surface area (TPSA) is 84.0 Å². The molecule has 7 nitrogen and oxygen atoms in total. The predicted octanol–water partition coefficient (Wildman–Crippen LogP) is 2.92. The lowest BCUT2D eigenvalue weighted by Gasteiger charge is -2.38. The third-order valence-electron chi connectivity index (χ3n) is 5.14. The van der Waals surface area contributed by atoms with Crippen molar-refractivity contribution in [2.75, 3.05) is 13.2 Å². The molecule has 9 heteroatoms. The van der Waals surface area contributed by atoms with Crippen molar-refractivity contribution >= 4 is 46.9 Å². The lowest BCUT2D eigenvalue weighted by atomic mass is 9.97. The largest absolute Gasteiger partial charge is 0.454 e. The van der Waals surface area contributed by atoms with E-state index in [0.29, 0.717) is 0 Å². The van der Waals surface area contributed by atoms with Gasteiger partial charge in [-0.3, -0.25) is 24.1 Å². The number of halogens is 2. The molecule has 1 fully saturated rings. The lowest BCUT2D eigenvalue weighted by molar-refractivity contribution is -0.154. The SMILES string of the molecule is CC1CCCC(C)N1C(=O)COC(=O)CN1C(=O)c2cc(Cl)c(Cl)cc2C1=O. The van der Waals surface area contributed by atoms with Gasteiger partial charge in [0.25, 0.3) is 17.7 Å². The number of fused-ring (bicyclic) bond motifs is 1. The summed E-state index contributed by atoms with van der Waals surface area (Å²) in [6, 6.07) is 2.77. The second-order valence-corrected chi connectivity index (χ2v) is 7.91. The van der Waals surface area contributed by atoms with Gasteiger partial charge in [0.1, 0.15) is 6.54 Å². The van der Waals surface area contributed by atoms with Crippen LogP contribution >= 0.6 is 23.2 Å². The van der Waals surface area contributed by atoms with Crippen LogP contribution in [0.4, 0.5) is 0 Å². The number of hydrogen-bond acceptors (Lipinski definition) is 5. The zero-order chi connectivity index (χ0) is 20.6. The molecule has 0 aromatic heterocycles. The zero-order valence-electron chi connectivity index (χ0n) is 15.5. The molecule has 3 amide bonds. The Balaban J connectivity index is 1.60. The Bertz CT molecular complexity index is 806. The van der Waals surface area contributed by atoms with E-state index < -0.39 is 30.9 Å². The Morgan fingerprint density at radius 2 is 1.54 bits per heavy atom. The van der Waals surface area contributed by atoms with Crippen LogP contribution in [0.15, 0.2) is 12.1 Å². The van der Waals surface area contributed by atoms with E-state index in [-0.39, 0.29) is 39.2 Å². The first-order valence-corrected chi connectivity index (χ1v) is 9.78. The average Bonchev–Trinajstić information content (AvgIpc) is 2.85. The maximum Gasteiger partial charge on any atom is 0.326 e. The molecular weight excluding hydrogens is 407 g/mol. The van der Waals surface area contributed by atoms with Gasteiger partial charge >= 0.3 is 5.97 Å². The first-order valence-electron chi connectivity index (χ1n) is 9.02. The summed E-state index contributed by atoms with van der Waals surface area (Å²) >= 11 is 11.8. The van der Waals surface area contributed by atoms with Gasteiger partial charge in [-0.25, -0.2) is 0 Å². The molecule has 0 N–H and O–H groups in total. The summed E-state index contributed by atoms with van der Waals surface area (Å²) in [6.07, 6.45) is 2.87. The quantitative estimate of drug-likeness (QED) is 0.545. The highest BCUT2D eigenvalue weighted by Crippen LogP contribution is 2.31. The summed E-state index contributed by atoms with van der Waals surface area (Å²) in [4.78, 5) is 51.8. The monoisotopic (exact) mass is 426 g/mol. The summed E-state index contributed by atoms with van der Waals surface area (Å²) in [6.45, 7) is 2.92. The first-order chi connectivity index (χ1) is 13.2. The summed E-state index contributed by atoms with van der Waals surface area (Å²) in [7, 11) is 0. The number of likely N-dealkylation sites (tertiary alicyclic amines) is 1. The maximum atomic E-state index is 12.4. The smallest absolute Gasteiger partial charge is 0.326 e. The minimum atomic E-state index is -0.836. The molecule has 0 bridgehead atoms. The van der Waals surface area contributed by atoms with Gasteiger partial charge in [-0.1, -0.05) is 23.2 Å². The number of imide groups is 1. The van der Waals surface area contributed by atoms with Crippen molar-refractivity contribution in [3.05, 3.63) is 33.3 Å². The number of amides is 3. The number of carbonyl (C=O) groups is 4. The molecule has 2 heterocycles. The number of esters is 1. The Hall–Kier alpha value is -2.12. The number of piperidine rings is 1. The molecule has 0 saturated carbocycles. The van der Waals surface area contributed by atoms with Crippen molar-refractivity contribution in [1.29, 1.82) is 0 Å². The van der Waals surface area contributed by atoms with Crippen LogP contribution in [0.3, 0.4) is 0 Å². The molecular formula is C19H20Cl2N2O5. The molecule has 1 aromatic rings. The van der Waals surface area contributed by atoms with Crippen LogP contribution in [0.2, 0.25) is 10.0 Å². The van der Waals surface area contributed by atoms with Gasteiger partial charge in [0, 0.05) is 12.1 Å². The first kappa shape index (κ1) is 20.6. The molecule has 1 saturated heterocycles. The van der Waals surface area contributed by atoms with Gasteiger partial charge in [0.2, 0.25) is 0 Å². The van der Waals surface area contributed by atoms with Crippen LogP contribution in [0, 0.1) is 0 Å². The molecule has 0 spiro atoms. The lowest BCUT2D eigenvalue weighted by Crippen LogP contribution is -2.49. The minimum Gasteiger partial charge on any atom is -0.454 e. The Kier molecular flexibility index (Phi) is 5.95. The number of hydrogen-bond donors (Lipinski definition) is 0. The second kappa shape index (κ2) is 8.09. The molecule has 2 atom stereocenters. The van der Waals surface area contributed by atoms with Crippen molar-refractivity contribution in [1.82, 2.24) is 9.80 Å². The van der Waals surface area contributed by atoms with E-state index in [0.717, 1.165) is 24.2 Å². The van der Waals surface area contributed by atoms with Gasteiger partial charge in [-0.2, -0.15) is 0 Å². The number of carbonyl (C=O) groups excluding carboxylic acids is 4. The highest BCUT2D eigenvalue weighted by Gasteiger charge is 2.38. The van der Waals surface area contributed by atoms with Crippen molar-refractivity contribution in [3.63, 3.8) is 0 Å². The third kappa shape index (κ3) is 3.86. The van der Waals surface area contributed by atoms with Gasteiger partial charge in [0.15, 0.2) is 6.61 Å². The van der Waals surface area contributed by atoms with Crippen molar-refractivity contribution in [3.8, 4) is 0 Å². The van der Waals surface area contributed by atoms with Gasteiger partial charge in [-0.15, -0.1) is 0 Å². The Labute approximate surface area is 172 Å². The van der Waals surface area contributed by atoms with E-state index >= 15 is 0 Å². The summed E-state index contributed by atoms with van der Waals surface area (Å²) in [5.41, 5.74) is 0.165. The van der Waals surface area contributed by atoms with Crippen LogP contribution < -0.4 is 0 Å². The van der Waals surface area contributed by atoms with Crippen molar-refractivity contribution in [2.24, 2.45) is 0 Å². The molecule has 0 aliphatic carbocycles. The standard InChI is InChI=1S/C19H20Cl2N2O5/c1-10-4-3-5-11(2)23(10)16(24)9-28-17(25)8-22-18(26)12-6-14(20)15(21)7-13(12)19(22)27/h6-7,10-11H,3-5,8-9H2,1-2H3. The second-order valence-electron chi connectivity index (χ2n) is 7.10. The van der Waals surface area contributed by atoms with Crippen LogP contribution in [-0.4, -0.2) is 58.7 Å². The van der Waals surface area contributed by atoms with E-state index in [1.807, 2.05) is 13.8 Å². The van der Waals surface area contributed by atoms with E-state index in [2.05, 4.69) is 0 Å². The molecule has 2 unspecified atom stereocenters. The molecule has 1 aromatic carbocycles. The van der Waals surface area contributed by atoms with Crippen molar-refractivity contribution < 1.29 is 23.9 Å². The number of nitrogens with zero attached hydrogens (tertiary/aromatic N) is 2. The van der Waals surface area contributed by atoms with Gasteiger partial charge in [0.05, 0.1) is 21.2 Å². The predicted molar refractivity (Wildman–Crippen MR) is 102 cm³/mol. The van der Waals surface area contributed by atoms with Crippen LogP contribution in [0.5, 0.6) is 0 Å². The number of benzene rings is 1.